The number of hydrogen-bond acceptors (Lipinski definition) is 5. The molecule has 2 heterocycles. The van der Waals surface area contributed by atoms with Gasteiger partial charge < -0.3 is 14.2 Å². The van der Waals surface area contributed by atoms with Gasteiger partial charge in [-0.3, -0.25) is 4.79 Å². The van der Waals surface area contributed by atoms with Crippen molar-refractivity contribution in [2.75, 3.05) is 13.2 Å². The third-order valence-electron chi connectivity index (χ3n) is 5.41. The Morgan fingerprint density at radius 2 is 2.00 bits per heavy atom. The number of para-hydroxylation sites is 1. The SMILES string of the molecule is CCOc1ccccc1CN1CC(c2noc(-c3ccc(C)c(C)c3)n2)CC1=O. The second-order valence-corrected chi connectivity index (χ2v) is 7.47. The Balaban J connectivity index is 1.49. The molecule has 1 unspecified atom stereocenters. The zero-order valence-electron chi connectivity index (χ0n) is 17.0. The average Bonchev–Trinajstić information content (AvgIpc) is 3.33. The lowest BCUT2D eigenvalue weighted by molar-refractivity contribution is -0.128. The molecule has 1 saturated heterocycles. The maximum Gasteiger partial charge on any atom is 0.257 e. The lowest BCUT2D eigenvalue weighted by Gasteiger charge is -2.18. The molecule has 2 aromatic carbocycles. The van der Waals surface area contributed by atoms with E-state index in [0.29, 0.717) is 37.8 Å². The summed E-state index contributed by atoms with van der Waals surface area (Å²) in [6.07, 6.45) is 0.392. The number of aryl methyl sites for hydroxylation is 2. The maximum absolute atomic E-state index is 12.6. The van der Waals surface area contributed by atoms with Crippen LogP contribution in [0.5, 0.6) is 5.75 Å². The van der Waals surface area contributed by atoms with Crippen molar-refractivity contribution < 1.29 is 14.1 Å². The van der Waals surface area contributed by atoms with E-state index in [9.17, 15) is 4.79 Å². The van der Waals surface area contributed by atoms with Gasteiger partial charge in [0.25, 0.3) is 5.89 Å². The van der Waals surface area contributed by atoms with Gasteiger partial charge in [-0.15, -0.1) is 0 Å². The summed E-state index contributed by atoms with van der Waals surface area (Å²) in [6, 6.07) is 13.9. The van der Waals surface area contributed by atoms with Gasteiger partial charge in [-0.2, -0.15) is 4.98 Å². The number of carbonyl (C=O) groups excluding carboxylic acids is 1. The van der Waals surface area contributed by atoms with E-state index >= 15 is 0 Å². The van der Waals surface area contributed by atoms with Gasteiger partial charge in [-0.25, -0.2) is 0 Å². The van der Waals surface area contributed by atoms with Crippen molar-refractivity contribution >= 4 is 5.91 Å². The normalized spacial score (nSPS) is 16.4. The van der Waals surface area contributed by atoms with Crippen molar-refractivity contribution in [3.05, 3.63) is 65.0 Å². The van der Waals surface area contributed by atoms with Crippen molar-refractivity contribution in [2.24, 2.45) is 0 Å². The van der Waals surface area contributed by atoms with E-state index in [1.165, 1.54) is 11.1 Å². The molecule has 0 N–H and O–H groups in total. The van der Waals surface area contributed by atoms with Crippen molar-refractivity contribution in [1.29, 1.82) is 0 Å². The van der Waals surface area contributed by atoms with Gasteiger partial charge in [0.1, 0.15) is 5.75 Å². The summed E-state index contributed by atoms with van der Waals surface area (Å²) in [5.74, 6) is 1.94. The summed E-state index contributed by atoms with van der Waals surface area (Å²) in [5, 5.41) is 4.16. The zero-order chi connectivity index (χ0) is 20.4. The van der Waals surface area contributed by atoms with Gasteiger partial charge in [0, 0.05) is 36.6 Å². The average molecular weight is 391 g/mol. The second kappa shape index (κ2) is 8.07. The lowest BCUT2D eigenvalue weighted by atomic mass is 10.1. The molecule has 3 aromatic rings. The molecule has 1 aromatic heterocycles. The Labute approximate surface area is 170 Å². The summed E-state index contributed by atoms with van der Waals surface area (Å²) in [5.41, 5.74) is 4.31. The summed E-state index contributed by atoms with van der Waals surface area (Å²) >= 11 is 0. The van der Waals surface area contributed by atoms with Crippen LogP contribution < -0.4 is 4.74 Å². The van der Waals surface area contributed by atoms with Crippen molar-refractivity contribution in [3.63, 3.8) is 0 Å². The Kier molecular flexibility index (Phi) is 5.34. The molecular weight excluding hydrogens is 366 g/mol. The molecule has 1 aliphatic heterocycles. The summed E-state index contributed by atoms with van der Waals surface area (Å²) in [6.45, 7) is 7.78. The molecule has 1 atom stereocenters. The predicted octanol–water partition coefficient (Wildman–Crippen LogP) is 4.27. The van der Waals surface area contributed by atoms with Crippen LogP contribution in [0.3, 0.4) is 0 Å². The van der Waals surface area contributed by atoms with Gasteiger partial charge in [0.05, 0.1) is 6.61 Å². The van der Waals surface area contributed by atoms with Gasteiger partial charge in [-0.1, -0.05) is 29.4 Å². The van der Waals surface area contributed by atoms with Gasteiger partial charge in [-0.05, 0) is 50.1 Å². The van der Waals surface area contributed by atoms with Gasteiger partial charge >= 0.3 is 0 Å². The minimum Gasteiger partial charge on any atom is -0.494 e. The van der Waals surface area contributed by atoms with Crippen molar-refractivity contribution in [2.45, 2.75) is 39.7 Å². The number of likely N-dealkylation sites (tertiary alicyclic amines) is 1. The number of amides is 1. The first-order chi connectivity index (χ1) is 14.0. The van der Waals surface area contributed by atoms with Crippen LogP contribution in [-0.4, -0.2) is 34.1 Å². The molecule has 0 bridgehead atoms. The Bertz CT molecular complexity index is 1030. The maximum atomic E-state index is 12.6. The number of benzene rings is 2. The van der Waals surface area contributed by atoms with E-state index in [1.54, 1.807) is 0 Å². The minimum absolute atomic E-state index is 0.0641. The fraction of sp³-hybridized carbons (Fsp3) is 0.348. The molecule has 6 heteroatoms. The Morgan fingerprint density at radius 1 is 1.17 bits per heavy atom. The number of nitrogens with zero attached hydrogens (tertiary/aromatic N) is 3. The topological polar surface area (TPSA) is 68.5 Å². The number of rotatable bonds is 6. The standard InChI is InChI=1S/C23H25N3O3/c1-4-28-20-8-6-5-7-18(20)13-26-14-19(12-21(26)27)22-24-23(29-25-22)17-10-9-15(2)16(3)11-17/h5-11,19H,4,12-14H2,1-3H3. The highest BCUT2D eigenvalue weighted by molar-refractivity contribution is 5.79. The largest absolute Gasteiger partial charge is 0.494 e. The van der Waals surface area contributed by atoms with E-state index in [-0.39, 0.29) is 11.8 Å². The highest BCUT2D eigenvalue weighted by atomic mass is 16.5. The fourth-order valence-corrected chi connectivity index (χ4v) is 3.63. The lowest BCUT2D eigenvalue weighted by Crippen LogP contribution is -2.24. The molecule has 150 valence electrons. The second-order valence-electron chi connectivity index (χ2n) is 7.47. The van der Waals surface area contributed by atoms with E-state index in [2.05, 4.69) is 24.0 Å². The van der Waals surface area contributed by atoms with Crippen LogP contribution in [0.4, 0.5) is 0 Å². The third-order valence-corrected chi connectivity index (χ3v) is 5.41. The smallest absolute Gasteiger partial charge is 0.257 e. The van der Waals surface area contributed by atoms with Gasteiger partial charge in [0.15, 0.2) is 5.82 Å². The summed E-state index contributed by atoms with van der Waals surface area (Å²) < 4.78 is 11.2. The Morgan fingerprint density at radius 3 is 2.79 bits per heavy atom. The molecule has 29 heavy (non-hydrogen) atoms. The highest BCUT2D eigenvalue weighted by Gasteiger charge is 2.34. The first-order valence-electron chi connectivity index (χ1n) is 9.95. The molecule has 4 rings (SSSR count). The van der Waals surface area contributed by atoms with Crippen LogP contribution in [0.1, 0.15) is 41.8 Å². The number of ether oxygens (including phenoxy) is 1. The van der Waals surface area contributed by atoms with Crippen LogP contribution in [0.15, 0.2) is 47.0 Å². The molecule has 0 saturated carbocycles. The van der Waals surface area contributed by atoms with E-state index in [4.69, 9.17) is 9.26 Å². The van der Waals surface area contributed by atoms with Crippen molar-refractivity contribution in [3.8, 4) is 17.2 Å². The number of carbonyl (C=O) groups is 1. The highest BCUT2D eigenvalue weighted by Crippen LogP contribution is 2.31. The molecule has 1 fully saturated rings. The fourth-order valence-electron chi connectivity index (χ4n) is 3.63. The van der Waals surface area contributed by atoms with E-state index in [0.717, 1.165) is 16.9 Å². The zero-order valence-corrected chi connectivity index (χ0v) is 17.0. The van der Waals surface area contributed by atoms with Gasteiger partial charge in [0.2, 0.25) is 5.91 Å². The molecule has 1 amide bonds. The third kappa shape index (κ3) is 4.01. The van der Waals surface area contributed by atoms with Crippen LogP contribution in [0, 0.1) is 13.8 Å². The molecule has 0 radical (unpaired) electrons. The van der Waals surface area contributed by atoms with E-state index < -0.39 is 0 Å². The van der Waals surface area contributed by atoms with Crippen LogP contribution in [0.2, 0.25) is 0 Å². The number of aromatic nitrogens is 2. The number of hydrogen-bond donors (Lipinski definition) is 0. The van der Waals surface area contributed by atoms with Crippen LogP contribution in [-0.2, 0) is 11.3 Å². The van der Waals surface area contributed by atoms with Crippen LogP contribution in [0.25, 0.3) is 11.5 Å². The molecular formula is C23H25N3O3. The first kappa shape index (κ1) is 19.2. The summed E-state index contributed by atoms with van der Waals surface area (Å²) in [7, 11) is 0. The molecule has 0 aliphatic carbocycles. The monoisotopic (exact) mass is 391 g/mol. The Hall–Kier alpha value is -3.15. The van der Waals surface area contributed by atoms with E-state index in [1.807, 2.05) is 54.3 Å². The molecule has 6 nitrogen and oxygen atoms in total. The first-order valence-corrected chi connectivity index (χ1v) is 9.95. The minimum atomic E-state index is -0.0641. The molecule has 1 aliphatic rings. The van der Waals surface area contributed by atoms with Crippen molar-refractivity contribution in [1.82, 2.24) is 15.0 Å². The quantitative estimate of drug-likeness (QED) is 0.628. The van der Waals surface area contributed by atoms with Crippen LogP contribution >= 0.6 is 0 Å². The molecule has 0 spiro atoms. The predicted molar refractivity (Wildman–Crippen MR) is 110 cm³/mol. The summed E-state index contributed by atoms with van der Waals surface area (Å²) in [4.78, 5) is 19.0.